The normalized spacial score (nSPS) is 20.6. The SMILES string of the molecule is CCCC[C@H]1CN(c2ccccc2)c2cc(SC)c(OCC3(C(=O)OC)CC3)cc2S(=O)(=O)N1C. The van der Waals surface area contributed by atoms with Gasteiger partial charge < -0.3 is 14.4 Å². The molecule has 1 fully saturated rings. The molecule has 1 atom stereocenters. The number of nitrogens with zero attached hydrogens (tertiary/aromatic N) is 2. The fraction of sp³-hybridized carbons (Fsp3) is 0.500. The first-order valence-corrected chi connectivity index (χ1v) is 14.7. The highest BCUT2D eigenvalue weighted by atomic mass is 32.2. The maximum absolute atomic E-state index is 13.9. The van der Waals surface area contributed by atoms with Gasteiger partial charge >= 0.3 is 5.97 Å². The molecule has 7 nitrogen and oxygen atoms in total. The third-order valence-electron chi connectivity index (χ3n) is 7.04. The molecule has 2 aliphatic rings. The number of hydrogen-bond acceptors (Lipinski definition) is 7. The largest absolute Gasteiger partial charge is 0.491 e. The number of para-hydroxylation sites is 1. The molecule has 0 aromatic heterocycles. The van der Waals surface area contributed by atoms with E-state index in [4.69, 9.17) is 9.47 Å². The maximum Gasteiger partial charge on any atom is 0.315 e. The van der Waals surface area contributed by atoms with Crippen molar-refractivity contribution in [2.24, 2.45) is 5.41 Å². The zero-order valence-corrected chi connectivity index (χ0v) is 22.5. The van der Waals surface area contributed by atoms with Gasteiger partial charge in [-0.3, -0.25) is 4.79 Å². The first kappa shape index (κ1) is 25.9. The summed E-state index contributed by atoms with van der Waals surface area (Å²) < 4.78 is 40.3. The van der Waals surface area contributed by atoms with Crippen molar-refractivity contribution < 1.29 is 22.7 Å². The number of unbranched alkanes of at least 4 members (excludes halogenated alkanes) is 1. The number of rotatable bonds is 9. The van der Waals surface area contributed by atoms with Gasteiger partial charge in [0.2, 0.25) is 10.0 Å². The Kier molecular flexibility index (Phi) is 7.68. The fourth-order valence-corrected chi connectivity index (χ4v) is 6.66. The van der Waals surface area contributed by atoms with Crippen LogP contribution in [0.3, 0.4) is 0 Å². The summed E-state index contributed by atoms with van der Waals surface area (Å²) in [4.78, 5) is 15.4. The Labute approximate surface area is 212 Å². The summed E-state index contributed by atoms with van der Waals surface area (Å²) in [6, 6.07) is 13.3. The molecule has 0 saturated heterocycles. The van der Waals surface area contributed by atoms with Crippen LogP contribution >= 0.6 is 11.8 Å². The molecule has 0 unspecified atom stereocenters. The number of thioether (sulfide) groups is 1. The highest BCUT2D eigenvalue weighted by molar-refractivity contribution is 7.98. The Balaban J connectivity index is 1.80. The second-order valence-electron chi connectivity index (χ2n) is 9.29. The molecule has 1 aliphatic carbocycles. The van der Waals surface area contributed by atoms with E-state index in [9.17, 15) is 13.2 Å². The van der Waals surface area contributed by atoms with E-state index in [2.05, 4.69) is 11.8 Å². The summed E-state index contributed by atoms with van der Waals surface area (Å²) in [5.41, 5.74) is 0.964. The van der Waals surface area contributed by atoms with Crippen LogP contribution in [0, 0.1) is 5.41 Å². The van der Waals surface area contributed by atoms with Crippen LogP contribution in [0.1, 0.15) is 39.0 Å². The Morgan fingerprint density at radius 3 is 2.51 bits per heavy atom. The van der Waals surface area contributed by atoms with Gasteiger partial charge in [-0.2, -0.15) is 4.31 Å². The summed E-state index contributed by atoms with van der Waals surface area (Å²) >= 11 is 1.50. The second kappa shape index (κ2) is 10.4. The van der Waals surface area contributed by atoms with E-state index in [1.165, 1.54) is 23.2 Å². The molecule has 0 spiro atoms. The second-order valence-corrected chi connectivity index (χ2v) is 12.1. The molecule has 190 valence electrons. The van der Waals surface area contributed by atoms with Gasteiger partial charge in [0.15, 0.2) is 0 Å². The molecule has 0 bridgehead atoms. The molecule has 9 heteroatoms. The van der Waals surface area contributed by atoms with Crippen LogP contribution in [0.15, 0.2) is 52.3 Å². The summed E-state index contributed by atoms with van der Waals surface area (Å²) in [6.45, 7) is 2.85. The topological polar surface area (TPSA) is 76.1 Å². The van der Waals surface area contributed by atoms with E-state index in [0.717, 1.165) is 29.8 Å². The van der Waals surface area contributed by atoms with Crippen molar-refractivity contribution in [3.8, 4) is 5.75 Å². The summed E-state index contributed by atoms with van der Waals surface area (Å²) in [5.74, 6) is 0.197. The third-order valence-corrected chi connectivity index (χ3v) is 9.73. The number of methoxy groups -OCH3 is 1. The molecule has 1 heterocycles. The van der Waals surface area contributed by atoms with Crippen molar-refractivity contribution >= 4 is 39.1 Å². The van der Waals surface area contributed by atoms with E-state index in [1.807, 2.05) is 42.7 Å². The first-order valence-electron chi connectivity index (χ1n) is 12.0. The quantitative estimate of drug-likeness (QED) is 0.339. The van der Waals surface area contributed by atoms with Crippen molar-refractivity contribution in [3.63, 3.8) is 0 Å². The number of hydrogen-bond donors (Lipinski definition) is 0. The lowest BCUT2D eigenvalue weighted by Crippen LogP contribution is -2.40. The van der Waals surface area contributed by atoms with Crippen molar-refractivity contribution in [3.05, 3.63) is 42.5 Å². The molecular weight excluding hydrogens is 484 g/mol. The minimum Gasteiger partial charge on any atom is -0.491 e. The number of esters is 1. The maximum atomic E-state index is 13.9. The lowest BCUT2D eigenvalue weighted by molar-refractivity contribution is -0.148. The average molecular weight is 519 g/mol. The number of benzene rings is 2. The highest BCUT2D eigenvalue weighted by Crippen LogP contribution is 2.48. The molecule has 2 aromatic carbocycles. The number of fused-ring (bicyclic) bond motifs is 1. The van der Waals surface area contributed by atoms with Gasteiger partial charge in [-0.05, 0) is 43.7 Å². The summed E-state index contributed by atoms with van der Waals surface area (Å²) in [6.07, 6.45) is 6.09. The van der Waals surface area contributed by atoms with Gasteiger partial charge in [0.05, 0.1) is 17.7 Å². The Hall–Kier alpha value is -2.23. The predicted octanol–water partition coefficient (Wildman–Crippen LogP) is 5.07. The van der Waals surface area contributed by atoms with Crippen LogP contribution < -0.4 is 9.64 Å². The predicted molar refractivity (Wildman–Crippen MR) is 139 cm³/mol. The van der Waals surface area contributed by atoms with Crippen LogP contribution in [0.5, 0.6) is 5.75 Å². The van der Waals surface area contributed by atoms with Crippen LogP contribution in [-0.2, 0) is 19.6 Å². The molecule has 1 aliphatic heterocycles. The van der Waals surface area contributed by atoms with E-state index in [0.29, 0.717) is 30.8 Å². The van der Waals surface area contributed by atoms with E-state index < -0.39 is 15.4 Å². The van der Waals surface area contributed by atoms with Crippen molar-refractivity contribution in [1.29, 1.82) is 0 Å². The molecule has 0 amide bonds. The van der Waals surface area contributed by atoms with Crippen molar-refractivity contribution in [1.82, 2.24) is 4.31 Å². The molecule has 1 saturated carbocycles. The molecule has 4 rings (SSSR count). The monoisotopic (exact) mass is 518 g/mol. The minimum absolute atomic E-state index is 0.163. The third kappa shape index (κ3) is 5.04. The van der Waals surface area contributed by atoms with Crippen molar-refractivity contribution in [2.75, 3.05) is 38.5 Å². The highest BCUT2D eigenvalue weighted by Gasteiger charge is 2.52. The van der Waals surface area contributed by atoms with Gasteiger partial charge in [0.1, 0.15) is 22.7 Å². The standard InChI is InChI=1S/C26H34N2O5S2/c1-5-6-10-20-17-28(19-11-8-7-9-12-19)21-15-23(34-4)22(16-24(21)35(30,31)27(20)2)33-18-26(13-14-26)25(29)32-3/h7-9,11-12,15-16,20H,5-6,10,13-14,17-18H2,1-4H3/t20-/m0/s1. The number of carbonyl (C=O) groups excluding carboxylic acids is 1. The lowest BCUT2D eigenvalue weighted by atomic mass is 10.1. The van der Waals surface area contributed by atoms with E-state index in [1.54, 1.807) is 13.1 Å². The van der Waals surface area contributed by atoms with Crippen LogP contribution in [0.25, 0.3) is 0 Å². The minimum atomic E-state index is -3.77. The zero-order chi connectivity index (χ0) is 25.2. The van der Waals surface area contributed by atoms with Gasteiger partial charge in [-0.1, -0.05) is 38.0 Å². The number of sulfonamides is 1. The Morgan fingerprint density at radius 2 is 1.91 bits per heavy atom. The molecule has 0 radical (unpaired) electrons. The van der Waals surface area contributed by atoms with Gasteiger partial charge in [-0.15, -0.1) is 11.8 Å². The Bertz CT molecular complexity index is 1170. The smallest absolute Gasteiger partial charge is 0.315 e. The van der Waals surface area contributed by atoms with Crippen molar-refractivity contribution in [2.45, 2.75) is 54.9 Å². The summed E-state index contributed by atoms with van der Waals surface area (Å²) in [5, 5.41) is 0. The van der Waals surface area contributed by atoms with Crippen LogP contribution in [0.2, 0.25) is 0 Å². The number of anilines is 2. The van der Waals surface area contributed by atoms with Gasteiger partial charge in [0, 0.05) is 31.4 Å². The summed E-state index contributed by atoms with van der Waals surface area (Å²) in [7, 11) is -0.717. The lowest BCUT2D eigenvalue weighted by Gasteiger charge is -2.29. The van der Waals surface area contributed by atoms with Gasteiger partial charge in [0.25, 0.3) is 0 Å². The van der Waals surface area contributed by atoms with Crippen LogP contribution in [-0.4, -0.2) is 58.3 Å². The Morgan fingerprint density at radius 1 is 1.20 bits per heavy atom. The number of ether oxygens (including phenoxy) is 2. The van der Waals surface area contributed by atoms with Gasteiger partial charge in [-0.25, -0.2) is 8.42 Å². The first-order chi connectivity index (χ1) is 16.8. The average Bonchev–Trinajstić information content (AvgIpc) is 3.68. The fourth-order valence-electron chi connectivity index (χ4n) is 4.55. The van der Waals surface area contributed by atoms with Crippen LogP contribution in [0.4, 0.5) is 11.4 Å². The number of likely N-dealkylation sites (N-methyl/N-ethyl adjacent to an activating group) is 1. The zero-order valence-electron chi connectivity index (χ0n) is 20.8. The molecule has 0 N–H and O–H groups in total. The van der Waals surface area contributed by atoms with E-state index in [-0.39, 0.29) is 23.5 Å². The molecular formula is C26H34N2O5S2. The number of carbonyl (C=O) groups is 1. The molecule has 2 aromatic rings. The van der Waals surface area contributed by atoms with E-state index >= 15 is 0 Å². The molecule has 35 heavy (non-hydrogen) atoms.